The molecule has 10 nitrogen and oxygen atoms in total. The molecule has 1 fully saturated rings. The molecule has 214 valence electrons. The van der Waals surface area contributed by atoms with Gasteiger partial charge in [0.2, 0.25) is 0 Å². The van der Waals surface area contributed by atoms with Crippen molar-refractivity contribution in [1.29, 1.82) is 0 Å². The van der Waals surface area contributed by atoms with Crippen molar-refractivity contribution in [1.82, 2.24) is 0 Å². The van der Waals surface area contributed by atoms with Crippen molar-refractivity contribution in [3.63, 3.8) is 0 Å². The van der Waals surface area contributed by atoms with Crippen LogP contribution >= 0.6 is 0 Å². The molecule has 1 aliphatic rings. The zero-order chi connectivity index (χ0) is 29.1. The predicted octanol–water partition coefficient (Wildman–Crippen LogP) is 3.82. The second kappa shape index (κ2) is 11.7. The molecule has 0 aliphatic carbocycles. The Morgan fingerprint density at radius 1 is 0.568 bits per heavy atom. The quantitative estimate of drug-likeness (QED) is 0.370. The van der Waals surface area contributed by atoms with E-state index in [1.165, 1.54) is 7.11 Å². The van der Waals surface area contributed by atoms with Crippen LogP contribution in [0.5, 0.6) is 0 Å². The predicted molar refractivity (Wildman–Crippen MR) is 134 cm³/mol. The molecule has 1 aliphatic heterocycles. The number of esters is 4. The SMILES string of the molecule is CO[C@H]1O[C@H](COC(=O)C(C)(C)C)[C@H](OC(=O)C(C)(C)C)[C@H](OC(=O)C(C)(C)C)[C@H]1OC(=O)C(C)(C)C. The molecule has 1 saturated heterocycles. The summed E-state index contributed by atoms with van der Waals surface area (Å²) < 4.78 is 34.4. The van der Waals surface area contributed by atoms with Crippen LogP contribution in [0.1, 0.15) is 83.1 Å². The maximum Gasteiger partial charge on any atom is 0.311 e. The number of ether oxygens (including phenoxy) is 6. The van der Waals surface area contributed by atoms with Gasteiger partial charge in [-0.1, -0.05) is 0 Å². The standard InChI is InChI=1S/C27H46O10/c1-24(2,3)20(28)33-14-15-16(35-21(29)25(4,5)6)17(36-22(30)26(7,8)9)18(19(32-13)34-15)37-23(31)27(10,11)12/h15-19H,14H2,1-13H3/t15-,16+,17+,18-,19+/m1/s1. The molecule has 1 rings (SSSR count). The average Bonchev–Trinajstić information content (AvgIpc) is 2.71. The minimum Gasteiger partial charge on any atom is -0.462 e. The lowest BCUT2D eigenvalue weighted by Crippen LogP contribution is -2.64. The van der Waals surface area contributed by atoms with Crippen molar-refractivity contribution in [3.05, 3.63) is 0 Å². The van der Waals surface area contributed by atoms with Gasteiger partial charge in [0.1, 0.15) is 12.7 Å². The summed E-state index contributed by atoms with van der Waals surface area (Å²) >= 11 is 0. The number of hydrogen-bond acceptors (Lipinski definition) is 10. The van der Waals surface area contributed by atoms with E-state index in [0.29, 0.717) is 0 Å². The van der Waals surface area contributed by atoms with Crippen molar-refractivity contribution in [2.75, 3.05) is 13.7 Å². The van der Waals surface area contributed by atoms with Crippen LogP contribution < -0.4 is 0 Å². The van der Waals surface area contributed by atoms with E-state index in [4.69, 9.17) is 28.4 Å². The minimum atomic E-state index is -1.30. The Morgan fingerprint density at radius 3 is 1.27 bits per heavy atom. The molecule has 0 aromatic rings. The van der Waals surface area contributed by atoms with E-state index in [0.717, 1.165) is 0 Å². The highest BCUT2D eigenvalue weighted by atomic mass is 16.7. The lowest BCUT2D eigenvalue weighted by molar-refractivity contribution is -0.306. The lowest BCUT2D eigenvalue weighted by atomic mass is 9.93. The fraction of sp³-hybridized carbons (Fsp3) is 0.852. The first-order valence-corrected chi connectivity index (χ1v) is 12.5. The molecular formula is C27H46O10. The Balaban J connectivity index is 3.58. The third kappa shape index (κ3) is 9.25. The van der Waals surface area contributed by atoms with Crippen LogP contribution in [0, 0.1) is 21.7 Å². The van der Waals surface area contributed by atoms with Crippen molar-refractivity contribution < 1.29 is 47.6 Å². The maximum absolute atomic E-state index is 13.0. The molecule has 5 atom stereocenters. The Bertz CT molecular complexity index is 835. The second-order valence-electron chi connectivity index (χ2n) is 13.5. The summed E-state index contributed by atoms with van der Waals surface area (Å²) in [6, 6.07) is 0. The van der Waals surface area contributed by atoms with E-state index in [1.807, 2.05) is 0 Å². The summed E-state index contributed by atoms with van der Waals surface area (Å²) in [4.78, 5) is 51.3. The second-order valence-corrected chi connectivity index (χ2v) is 13.5. The van der Waals surface area contributed by atoms with Gasteiger partial charge in [-0.05, 0) is 83.1 Å². The molecule has 0 aromatic carbocycles. The molecule has 0 amide bonds. The van der Waals surface area contributed by atoms with E-state index in [2.05, 4.69) is 0 Å². The van der Waals surface area contributed by atoms with Gasteiger partial charge >= 0.3 is 23.9 Å². The molecule has 0 aromatic heterocycles. The largest absolute Gasteiger partial charge is 0.462 e. The van der Waals surface area contributed by atoms with Crippen LogP contribution in [0.25, 0.3) is 0 Å². The fourth-order valence-corrected chi connectivity index (χ4v) is 2.88. The highest BCUT2D eigenvalue weighted by molar-refractivity contribution is 5.78. The van der Waals surface area contributed by atoms with Crippen LogP contribution in [0.3, 0.4) is 0 Å². The molecule has 0 N–H and O–H groups in total. The van der Waals surface area contributed by atoms with Crippen LogP contribution in [0.2, 0.25) is 0 Å². The Morgan fingerprint density at radius 2 is 0.919 bits per heavy atom. The van der Waals surface area contributed by atoms with E-state index in [-0.39, 0.29) is 6.61 Å². The van der Waals surface area contributed by atoms with Gasteiger partial charge < -0.3 is 28.4 Å². The van der Waals surface area contributed by atoms with Gasteiger partial charge in [-0.25, -0.2) is 0 Å². The Labute approximate surface area is 221 Å². The number of carbonyl (C=O) groups excluding carboxylic acids is 4. The van der Waals surface area contributed by atoms with E-state index >= 15 is 0 Å². The summed E-state index contributed by atoms with van der Waals surface area (Å²) in [5.41, 5.74) is -3.53. The molecular weight excluding hydrogens is 484 g/mol. The lowest BCUT2D eigenvalue weighted by Gasteiger charge is -2.45. The first-order valence-electron chi connectivity index (χ1n) is 12.5. The summed E-state index contributed by atoms with van der Waals surface area (Å²) in [6.45, 7) is 19.8. The van der Waals surface area contributed by atoms with Crippen molar-refractivity contribution in [3.8, 4) is 0 Å². The molecule has 0 radical (unpaired) electrons. The van der Waals surface area contributed by atoms with Crippen molar-refractivity contribution in [2.24, 2.45) is 21.7 Å². The molecule has 0 bridgehead atoms. The zero-order valence-corrected chi connectivity index (χ0v) is 24.7. The molecule has 1 heterocycles. The van der Waals surface area contributed by atoms with Gasteiger partial charge in [0.25, 0.3) is 0 Å². The third-order valence-electron chi connectivity index (χ3n) is 5.38. The van der Waals surface area contributed by atoms with Crippen molar-refractivity contribution >= 4 is 23.9 Å². The maximum atomic E-state index is 13.0. The van der Waals surface area contributed by atoms with Gasteiger partial charge in [-0.2, -0.15) is 0 Å². The third-order valence-corrected chi connectivity index (χ3v) is 5.38. The summed E-state index contributed by atoms with van der Waals surface area (Å²) in [5, 5.41) is 0. The number of rotatable bonds is 6. The van der Waals surface area contributed by atoms with E-state index in [9.17, 15) is 19.2 Å². The zero-order valence-electron chi connectivity index (χ0n) is 24.7. The van der Waals surface area contributed by atoms with Gasteiger partial charge in [0.05, 0.1) is 21.7 Å². The fourth-order valence-electron chi connectivity index (χ4n) is 2.88. The topological polar surface area (TPSA) is 124 Å². The number of carbonyl (C=O) groups is 4. The molecule has 0 saturated carbocycles. The van der Waals surface area contributed by atoms with Crippen molar-refractivity contribution in [2.45, 2.75) is 114 Å². The monoisotopic (exact) mass is 530 g/mol. The van der Waals surface area contributed by atoms with Gasteiger partial charge in [0, 0.05) is 7.11 Å². The molecule has 10 heteroatoms. The first kappa shape index (κ1) is 32.8. The van der Waals surface area contributed by atoms with Crippen LogP contribution in [-0.4, -0.2) is 68.3 Å². The average molecular weight is 531 g/mol. The van der Waals surface area contributed by atoms with Gasteiger partial charge in [-0.15, -0.1) is 0 Å². The Kier molecular flexibility index (Phi) is 10.4. The number of hydrogen-bond donors (Lipinski definition) is 0. The van der Waals surface area contributed by atoms with Gasteiger partial charge in [-0.3, -0.25) is 19.2 Å². The first-order chi connectivity index (χ1) is 16.5. The van der Waals surface area contributed by atoms with E-state index < -0.39 is 76.2 Å². The molecule has 0 spiro atoms. The summed E-state index contributed by atoms with van der Waals surface area (Å²) in [7, 11) is 1.34. The summed E-state index contributed by atoms with van der Waals surface area (Å²) in [6.07, 6.45) is -6.12. The van der Waals surface area contributed by atoms with Gasteiger partial charge in [0.15, 0.2) is 24.6 Å². The Hall–Kier alpha value is -2.20. The van der Waals surface area contributed by atoms with Crippen LogP contribution in [0.15, 0.2) is 0 Å². The minimum absolute atomic E-state index is 0.318. The van der Waals surface area contributed by atoms with Crippen LogP contribution in [0.4, 0.5) is 0 Å². The van der Waals surface area contributed by atoms with E-state index in [1.54, 1.807) is 83.1 Å². The summed E-state index contributed by atoms with van der Waals surface area (Å²) in [5.74, 6) is -2.33. The normalized spacial score (nSPS) is 25.2. The highest BCUT2D eigenvalue weighted by Crippen LogP contribution is 2.34. The molecule has 0 unspecified atom stereocenters. The smallest absolute Gasteiger partial charge is 0.311 e. The highest BCUT2D eigenvalue weighted by Gasteiger charge is 2.54. The molecule has 37 heavy (non-hydrogen) atoms. The van der Waals surface area contributed by atoms with Crippen LogP contribution in [-0.2, 0) is 47.6 Å². The number of methoxy groups -OCH3 is 1.